The van der Waals surface area contributed by atoms with Crippen LogP contribution < -0.4 is 10.1 Å². The number of nitrogens with one attached hydrogen (secondary N) is 2. The fourth-order valence-corrected chi connectivity index (χ4v) is 3.98. The lowest BCUT2D eigenvalue weighted by Gasteiger charge is -2.13. The number of hydrazone groups is 1. The predicted molar refractivity (Wildman–Crippen MR) is 115 cm³/mol. The van der Waals surface area contributed by atoms with Crippen LogP contribution in [0, 0.1) is 10.1 Å². The smallest absolute Gasteiger partial charge is 0.270 e. The van der Waals surface area contributed by atoms with Gasteiger partial charge in [0.2, 0.25) is 0 Å². The predicted octanol–water partition coefficient (Wildman–Crippen LogP) is 4.28. The number of nitro benzene ring substituents is 1. The molecule has 30 heavy (non-hydrogen) atoms. The lowest BCUT2D eigenvalue weighted by molar-refractivity contribution is -0.385. The molecule has 0 amide bonds. The van der Waals surface area contributed by atoms with Crippen molar-refractivity contribution in [3.63, 3.8) is 0 Å². The zero-order valence-electron chi connectivity index (χ0n) is 15.6. The Kier molecular flexibility index (Phi) is 6.28. The Bertz CT molecular complexity index is 1220. The van der Waals surface area contributed by atoms with Gasteiger partial charge in [-0.1, -0.05) is 23.7 Å². The average molecular weight is 446 g/mol. The quantitative estimate of drug-likeness (QED) is 0.317. The molecule has 3 aromatic rings. The Balaban J connectivity index is 2.00. The van der Waals surface area contributed by atoms with Crippen molar-refractivity contribution in [1.29, 1.82) is 0 Å². The van der Waals surface area contributed by atoms with E-state index in [4.69, 9.17) is 11.6 Å². The Morgan fingerprint density at radius 3 is 2.47 bits per heavy atom. The van der Waals surface area contributed by atoms with Crippen LogP contribution in [0.1, 0.15) is 12.5 Å². The molecular formula is C19H16ClN5O4S. The Morgan fingerprint density at radius 1 is 1.10 bits per heavy atom. The standard InChI is InChI=1S/C19H16ClN5O4S/c1-13(14-8-10-21-11-9-14)22-23-18-7-6-15(25(26)27)12-19(18)30(28,29)24-17-5-3-2-4-16(17)20/h2-12,23-24H,1H3/b22-13+. The number of para-hydroxylation sites is 1. The van der Waals surface area contributed by atoms with Gasteiger partial charge in [0.05, 0.1) is 27.0 Å². The first kappa shape index (κ1) is 21.2. The van der Waals surface area contributed by atoms with Crippen molar-refractivity contribution in [2.75, 3.05) is 10.1 Å². The van der Waals surface area contributed by atoms with Crippen LogP contribution in [0.2, 0.25) is 5.02 Å². The second-order valence-electron chi connectivity index (χ2n) is 6.07. The number of anilines is 2. The lowest BCUT2D eigenvalue weighted by atomic mass is 10.2. The minimum atomic E-state index is -4.22. The van der Waals surface area contributed by atoms with E-state index in [-0.39, 0.29) is 27.0 Å². The van der Waals surface area contributed by atoms with Crippen molar-refractivity contribution in [3.8, 4) is 0 Å². The Morgan fingerprint density at radius 2 is 1.80 bits per heavy atom. The first-order chi connectivity index (χ1) is 14.3. The monoisotopic (exact) mass is 445 g/mol. The maximum atomic E-state index is 13.0. The number of halogens is 1. The van der Waals surface area contributed by atoms with E-state index in [1.165, 1.54) is 24.3 Å². The maximum Gasteiger partial charge on any atom is 0.270 e. The van der Waals surface area contributed by atoms with Gasteiger partial charge in [-0.3, -0.25) is 25.2 Å². The van der Waals surface area contributed by atoms with Crippen molar-refractivity contribution < 1.29 is 13.3 Å². The Labute approximate surface area is 177 Å². The highest BCUT2D eigenvalue weighted by Crippen LogP contribution is 2.30. The topological polar surface area (TPSA) is 127 Å². The van der Waals surface area contributed by atoms with Gasteiger partial charge < -0.3 is 0 Å². The third-order valence-electron chi connectivity index (χ3n) is 4.03. The summed E-state index contributed by atoms with van der Waals surface area (Å²) in [4.78, 5) is 14.1. The minimum Gasteiger partial charge on any atom is -0.278 e. The summed E-state index contributed by atoms with van der Waals surface area (Å²) in [6.45, 7) is 1.73. The molecule has 2 N–H and O–H groups in total. The third-order valence-corrected chi connectivity index (χ3v) is 5.76. The molecule has 3 rings (SSSR count). The number of benzene rings is 2. The molecule has 0 fully saturated rings. The lowest BCUT2D eigenvalue weighted by Crippen LogP contribution is -2.15. The summed E-state index contributed by atoms with van der Waals surface area (Å²) in [5, 5.41) is 15.5. The van der Waals surface area contributed by atoms with Crippen molar-refractivity contribution in [2.24, 2.45) is 5.10 Å². The van der Waals surface area contributed by atoms with Crippen LogP contribution in [0.15, 0.2) is 77.0 Å². The fraction of sp³-hybridized carbons (Fsp3) is 0.0526. The molecule has 0 aliphatic rings. The van der Waals surface area contributed by atoms with Crippen LogP contribution >= 0.6 is 11.6 Å². The van der Waals surface area contributed by atoms with E-state index in [2.05, 4.69) is 20.2 Å². The first-order valence-electron chi connectivity index (χ1n) is 8.54. The van der Waals surface area contributed by atoms with Gasteiger partial charge >= 0.3 is 0 Å². The number of rotatable bonds is 7. The minimum absolute atomic E-state index is 0.0635. The molecule has 0 saturated carbocycles. The molecule has 0 bridgehead atoms. The van der Waals surface area contributed by atoms with Gasteiger partial charge in [0.15, 0.2) is 0 Å². The first-order valence-corrected chi connectivity index (χ1v) is 10.4. The van der Waals surface area contributed by atoms with Crippen LogP contribution in [0.3, 0.4) is 0 Å². The summed E-state index contributed by atoms with van der Waals surface area (Å²) in [7, 11) is -4.22. The van der Waals surface area contributed by atoms with Crippen molar-refractivity contribution in [3.05, 3.63) is 87.7 Å². The molecule has 0 aliphatic carbocycles. The SMILES string of the molecule is C/C(=N\Nc1ccc([N+](=O)[O-])cc1S(=O)(=O)Nc1ccccc1Cl)c1ccncc1. The van der Waals surface area contributed by atoms with E-state index < -0.39 is 14.9 Å². The van der Waals surface area contributed by atoms with Crippen LogP contribution in [-0.4, -0.2) is 24.0 Å². The zero-order chi connectivity index (χ0) is 21.7. The van der Waals surface area contributed by atoms with E-state index in [1.807, 2.05) is 0 Å². The number of hydrogen-bond donors (Lipinski definition) is 2. The molecule has 11 heteroatoms. The molecule has 0 spiro atoms. The van der Waals surface area contributed by atoms with E-state index in [1.54, 1.807) is 43.6 Å². The highest BCUT2D eigenvalue weighted by Gasteiger charge is 2.23. The molecule has 1 heterocycles. The van der Waals surface area contributed by atoms with Crippen LogP contribution in [0.25, 0.3) is 0 Å². The van der Waals surface area contributed by atoms with Gasteiger partial charge in [0.25, 0.3) is 15.7 Å². The van der Waals surface area contributed by atoms with Gasteiger partial charge in [-0.15, -0.1) is 0 Å². The average Bonchev–Trinajstić information content (AvgIpc) is 2.74. The second kappa shape index (κ2) is 8.89. The number of non-ortho nitro benzene ring substituents is 1. The maximum absolute atomic E-state index is 13.0. The van der Waals surface area contributed by atoms with Gasteiger partial charge in [-0.05, 0) is 37.3 Å². The molecule has 0 saturated heterocycles. The zero-order valence-corrected chi connectivity index (χ0v) is 17.2. The van der Waals surface area contributed by atoms with E-state index in [9.17, 15) is 18.5 Å². The largest absolute Gasteiger partial charge is 0.278 e. The van der Waals surface area contributed by atoms with Crippen molar-refractivity contribution >= 4 is 44.4 Å². The number of pyridine rings is 1. The number of nitrogens with zero attached hydrogens (tertiary/aromatic N) is 3. The van der Waals surface area contributed by atoms with Crippen molar-refractivity contribution in [2.45, 2.75) is 11.8 Å². The molecule has 0 atom stereocenters. The number of hydrogen-bond acceptors (Lipinski definition) is 7. The second-order valence-corrected chi connectivity index (χ2v) is 8.13. The molecule has 154 valence electrons. The van der Waals surface area contributed by atoms with Crippen LogP contribution in [0.4, 0.5) is 17.1 Å². The molecule has 0 radical (unpaired) electrons. The van der Waals surface area contributed by atoms with Gasteiger partial charge in [-0.25, -0.2) is 8.42 Å². The van der Waals surface area contributed by atoms with Gasteiger partial charge in [0.1, 0.15) is 4.90 Å². The summed E-state index contributed by atoms with van der Waals surface area (Å²) in [5.74, 6) is 0. The summed E-state index contributed by atoms with van der Waals surface area (Å²) in [6.07, 6.45) is 3.20. The number of nitro groups is 1. The summed E-state index contributed by atoms with van der Waals surface area (Å²) in [6, 6.07) is 13.2. The molecule has 0 unspecified atom stereocenters. The van der Waals surface area contributed by atoms with Gasteiger partial charge in [0, 0.05) is 30.1 Å². The van der Waals surface area contributed by atoms with Crippen molar-refractivity contribution in [1.82, 2.24) is 4.98 Å². The highest BCUT2D eigenvalue weighted by molar-refractivity contribution is 7.93. The van der Waals surface area contributed by atoms with Gasteiger partial charge in [-0.2, -0.15) is 5.10 Å². The highest BCUT2D eigenvalue weighted by atomic mass is 35.5. The fourth-order valence-electron chi connectivity index (χ4n) is 2.48. The molecular weight excluding hydrogens is 430 g/mol. The summed E-state index contributed by atoms with van der Waals surface area (Å²) in [5.41, 5.74) is 3.85. The molecule has 0 aliphatic heterocycles. The van der Waals surface area contributed by atoms with E-state index in [0.29, 0.717) is 5.71 Å². The van der Waals surface area contributed by atoms with E-state index >= 15 is 0 Å². The summed E-state index contributed by atoms with van der Waals surface area (Å²) < 4.78 is 28.3. The number of sulfonamides is 1. The van der Waals surface area contributed by atoms with Crippen LogP contribution in [-0.2, 0) is 10.0 Å². The van der Waals surface area contributed by atoms with E-state index in [0.717, 1.165) is 11.6 Å². The molecule has 1 aromatic heterocycles. The molecule has 2 aromatic carbocycles. The third kappa shape index (κ3) is 4.91. The normalized spacial score (nSPS) is 11.7. The number of aromatic nitrogens is 1. The van der Waals surface area contributed by atoms with Crippen LogP contribution in [0.5, 0.6) is 0 Å². The Hall–Kier alpha value is -3.50. The summed E-state index contributed by atoms with van der Waals surface area (Å²) >= 11 is 6.03. The molecule has 9 nitrogen and oxygen atoms in total.